The van der Waals surface area contributed by atoms with Crippen molar-refractivity contribution in [2.24, 2.45) is 23.7 Å². The van der Waals surface area contributed by atoms with Crippen molar-refractivity contribution in [3.63, 3.8) is 0 Å². The van der Waals surface area contributed by atoms with Gasteiger partial charge in [0.25, 0.3) is 0 Å². The number of rotatable bonds is 6. The topological polar surface area (TPSA) is 71.3 Å². The van der Waals surface area contributed by atoms with Crippen LogP contribution in [0.25, 0.3) is 0 Å². The van der Waals surface area contributed by atoms with E-state index in [-0.39, 0.29) is 12.2 Å². The summed E-state index contributed by atoms with van der Waals surface area (Å²) in [6.07, 6.45) is 5.09. The van der Waals surface area contributed by atoms with Crippen LogP contribution >= 0.6 is 0 Å². The van der Waals surface area contributed by atoms with Gasteiger partial charge in [-0.05, 0) is 50.2 Å². The quantitative estimate of drug-likeness (QED) is 0.571. The molecule has 4 aliphatic heterocycles. The van der Waals surface area contributed by atoms with E-state index in [0.29, 0.717) is 30.9 Å². The highest BCUT2D eigenvalue weighted by Crippen LogP contribution is 2.60. The second kappa shape index (κ2) is 7.62. The first kappa shape index (κ1) is 20.0. The maximum absolute atomic E-state index is 6.41. The van der Waals surface area contributed by atoms with Crippen molar-refractivity contribution in [1.82, 2.24) is 5.32 Å². The normalized spacial score (nSPS) is 46.3. The van der Waals surface area contributed by atoms with Crippen molar-refractivity contribution in [2.75, 3.05) is 13.2 Å². The lowest BCUT2D eigenvalue weighted by atomic mass is 9.58. The van der Waals surface area contributed by atoms with E-state index in [1.54, 1.807) is 6.26 Å². The minimum Gasteiger partial charge on any atom is -0.468 e. The number of fused-ring (bicyclic) bond motifs is 2. The Bertz CT molecular complexity index is 697. The van der Waals surface area contributed by atoms with E-state index in [1.807, 2.05) is 19.1 Å². The van der Waals surface area contributed by atoms with Crippen molar-refractivity contribution in [3.8, 4) is 0 Å². The van der Waals surface area contributed by atoms with Gasteiger partial charge in [-0.3, -0.25) is 0 Å². The first-order valence-corrected chi connectivity index (χ1v) is 11.1. The number of hydrogen-bond acceptors (Lipinski definition) is 7. The third kappa shape index (κ3) is 3.36. The van der Waals surface area contributed by atoms with E-state index in [9.17, 15) is 0 Å². The van der Waals surface area contributed by atoms with Crippen LogP contribution in [-0.2, 0) is 30.5 Å². The van der Waals surface area contributed by atoms with Gasteiger partial charge in [0.15, 0.2) is 18.2 Å². The lowest BCUT2D eigenvalue weighted by molar-refractivity contribution is -0.577. The van der Waals surface area contributed by atoms with Gasteiger partial charge in [-0.1, -0.05) is 13.8 Å². The van der Waals surface area contributed by atoms with Crippen LogP contribution in [0.2, 0.25) is 0 Å². The Morgan fingerprint density at radius 3 is 2.90 bits per heavy atom. The molecule has 1 N–H and O–H groups in total. The van der Waals surface area contributed by atoms with Gasteiger partial charge in [0.1, 0.15) is 5.76 Å². The van der Waals surface area contributed by atoms with Crippen LogP contribution in [0.15, 0.2) is 22.8 Å². The minimum absolute atomic E-state index is 0.209. The predicted molar refractivity (Wildman–Crippen MR) is 103 cm³/mol. The molecule has 7 heteroatoms. The van der Waals surface area contributed by atoms with Crippen molar-refractivity contribution in [2.45, 2.75) is 77.0 Å². The highest BCUT2D eigenvalue weighted by molar-refractivity contribution is 5.09. The fraction of sp³-hybridized carbons (Fsp3) is 0.818. The van der Waals surface area contributed by atoms with Crippen LogP contribution in [0.5, 0.6) is 0 Å². The molecule has 0 radical (unpaired) electrons. The largest absolute Gasteiger partial charge is 0.468 e. The Kier molecular flexibility index (Phi) is 5.25. The maximum atomic E-state index is 6.41. The molecule has 1 aromatic heterocycles. The van der Waals surface area contributed by atoms with Gasteiger partial charge in [-0.2, -0.15) is 0 Å². The Morgan fingerprint density at radius 2 is 2.07 bits per heavy atom. The SMILES string of the molecule is C[C@@H]1CCC2[C@@H](C)[C@@H](OCCNCc3ccco3)O[C@@H]3OC4(C)CCC1[C@@]23OO4. The average Bonchev–Trinajstić information content (AvgIpc) is 3.12. The summed E-state index contributed by atoms with van der Waals surface area (Å²) in [5.74, 6) is 1.64. The van der Waals surface area contributed by atoms with E-state index < -0.39 is 17.7 Å². The standard InChI is InChI=1S/C22H33NO6/c1-14-6-7-18-15(2)19(25-12-10-23-13-16-5-4-11-24-16)26-20-22(18)17(14)8-9-21(3,27-20)28-29-22/h4-5,11,14-15,17-20,23H,6-10,12-13H2,1-3H3/t14-,15-,17?,18?,19+,20-,21?,22-/m1/s1. The first-order chi connectivity index (χ1) is 14.0. The summed E-state index contributed by atoms with van der Waals surface area (Å²) >= 11 is 0. The smallest absolute Gasteiger partial charge is 0.201 e. The van der Waals surface area contributed by atoms with Gasteiger partial charge in [-0.15, -0.1) is 0 Å². The Labute approximate surface area is 172 Å². The fourth-order valence-electron chi connectivity index (χ4n) is 5.93. The van der Waals surface area contributed by atoms with E-state index in [4.69, 9.17) is 28.4 Å². The Balaban J connectivity index is 1.26. The molecule has 0 amide bonds. The van der Waals surface area contributed by atoms with Crippen molar-refractivity contribution < 1.29 is 28.4 Å². The molecule has 162 valence electrons. The average molecular weight is 408 g/mol. The molecule has 4 saturated heterocycles. The second-order valence-electron chi connectivity index (χ2n) is 9.40. The summed E-state index contributed by atoms with van der Waals surface area (Å²) in [5, 5.41) is 3.34. The maximum Gasteiger partial charge on any atom is 0.201 e. The molecule has 8 atom stereocenters. The Hall–Kier alpha value is -0.960. The molecule has 3 unspecified atom stereocenters. The van der Waals surface area contributed by atoms with Gasteiger partial charge in [0, 0.05) is 24.8 Å². The minimum atomic E-state index is -0.743. The molecule has 1 aromatic rings. The highest BCUT2D eigenvalue weighted by Gasteiger charge is 2.69. The van der Waals surface area contributed by atoms with Crippen molar-refractivity contribution in [3.05, 3.63) is 24.2 Å². The van der Waals surface area contributed by atoms with Crippen LogP contribution in [-0.4, -0.2) is 37.1 Å². The zero-order valence-corrected chi connectivity index (χ0v) is 17.6. The van der Waals surface area contributed by atoms with Crippen LogP contribution in [0.4, 0.5) is 0 Å². The third-order valence-corrected chi connectivity index (χ3v) is 7.54. The first-order valence-electron chi connectivity index (χ1n) is 11.1. The fourth-order valence-corrected chi connectivity index (χ4v) is 5.93. The molecule has 0 aromatic carbocycles. The van der Waals surface area contributed by atoms with E-state index >= 15 is 0 Å². The lowest BCUT2D eigenvalue weighted by Crippen LogP contribution is -2.70. The third-order valence-electron chi connectivity index (χ3n) is 7.54. The molecule has 5 aliphatic rings. The van der Waals surface area contributed by atoms with Gasteiger partial charge >= 0.3 is 0 Å². The summed E-state index contributed by atoms with van der Waals surface area (Å²) in [7, 11) is 0. The number of ether oxygens (including phenoxy) is 3. The van der Waals surface area contributed by atoms with Crippen LogP contribution in [0.3, 0.4) is 0 Å². The van der Waals surface area contributed by atoms with Gasteiger partial charge in [0.2, 0.25) is 5.79 Å². The van der Waals surface area contributed by atoms with E-state index in [0.717, 1.165) is 31.6 Å². The number of furan rings is 1. The summed E-state index contributed by atoms with van der Waals surface area (Å²) in [6.45, 7) is 8.48. The summed E-state index contributed by atoms with van der Waals surface area (Å²) < 4.78 is 24.3. The summed E-state index contributed by atoms with van der Waals surface area (Å²) in [4.78, 5) is 12.0. The molecule has 29 heavy (non-hydrogen) atoms. The van der Waals surface area contributed by atoms with Crippen molar-refractivity contribution >= 4 is 0 Å². The number of nitrogens with one attached hydrogen (secondary N) is 1. The molecule has 1 aliphatic carbocycles. The van der Waals surface area contributed by atoms with Gasteiger partial charge < -0.3 is 23.9 Å². The molecule has 1 saturated carbocycles. The summed E-state index contributed by atoms with van der Waals surface area (Å²) in [6, 6.07) is 3.85. The monoisotopic (exact) mass is 407 g/mol. The van der Waals surface area contributed by atoms with E-state index in [2.05, 4.69) is 19.2 Å². The molecule has 1 spiro atoms. The molecular formula is C22H33NO6. The molecule has 7 nitrogen and oxygen atoms in total. The Morgan fingerprint density at radius 1 is 1.17 bits per heavy atom. The predicted octanol–water partition coefficient (Wildman–Crippen LogP) is 3.59. The zero-order chi connectivity index (χ0) is 20.1. The number of hydrogen-bond donors (Lipinski definition) is 1. The summed E-state index contributed by atoms with van der Waals surface area (Å²) in [5.41, 5.74) is -0.523. The van der Waals surface area contributed by atoms with Crippen LogP contribution in [0.1, 0.15) is 52.2 Å². The van der Waals surface area contributed by atoms with E-state index in [1.165, 1.54) is 6.42 Å². The molecule has 5 heterocycles. The molecule has 5 fully saturated rings. The van der Waals surface area contributed by atoms with Gasteiger partial charge in [-0.25, -0.2) is 9.78 Å². The van der Waals surface area contributed by atoms with Crippen molar-refractivity contribution in [1.29, 1.82) is 0 Å². The lowest BCUT2D eigenvalue weighted by Gasteiger charge is -2.60. The highest BCUT2D eigenvalue weighted by atomic mass is 17.3. The van der Waals surface area contributed by atoms with Crippen LogP contribution < -0.4 is 5.32 Å². The van der Waals surface area contributed by atoms with Gasteiger partial charge in [0.05, 0.1) is 19.4 Å². The molecular weight excluding hydrogens is 374 g/mol. The molecule has 6 rings (SSSR count). The second-order valence-corrected chi connectivity index (χ2v) is 9.40. The zero-order valence-electron chi connectivity index (χ0n) is 17.6. The molecule has 2 bridgehead atoms. The van der Waals surface area contributed by atoms with Crippen LogP contribution in [0, 0.1) is 23.7 Å².